The molecule has 0 radical (unpaired) electrons. The molecule has 4 rings (SSSR count). The summed E-state index contributed by atoms with van der Waals surface area (Å²) in [6.45, 7) is 5.02. The maximum atomic E-state index is 13.2. The van der Waals surface area contributed by atoms with Crippen LogP contribution in [0.15, 0.2) is 42.1 Å². The van der Waals surface area contributed by atoms with Crippen molar-refractivity contribution < 1.29 is 24.5 Å². The summed E-state index contributed by atoms with van der Waals surface area (Å²) in [5.74, 6) is -0.00291. The fourth-order valence-electron chi connectivity index (χ4n) is 4.11. The first-order chi connectivity index (χ1) is 14.2. The highest BCUT2D eigenvalue weighted by atomic mass is 16.6. The van der Waals surface area contributed by atoms with Gasteiger partial charge >= 0.3 is 0 Å². The first kappa shape index (κ1) is 19.6. The van der Waals surface area contributed by atoms with Crippen molar-refractivity contribution in [3.63, 3.8) is 0 Å². The van der Waals surface area contributed by atoms with Crippen LogP contribution in [0.25, 0.3) is 5.70 Å². The standard InChI is InChI=1S/C21H19N3O6/c1-12-15(24(28)29)8-9-16-17(12)18(19(23(27)11-25)21(2,3)30-16)22-10-13-6-4-5-7-14(13)20(22)26/h4-9,11,27H,10H2,1-3H3. The number of amides is 2. The lowest BCUT2D eigenvalue weighted by Crippen LogP contribution is -2.45. The Morgan fingerprint density at radius 2 is 1.97 bits per heavy atom. The number of nitrogens with zero attached hydrogens (tertiary/aromatic N) is 3. The van der Waals surface area contributed by atoms with E-state index in [-0.39, 0.29) is 41.5 Å². The minimum absolute atomic E-state index is 0.0229. The van der Waals surface area contributed by atoms with Gasteiger partial charge in [0.05, 0.1) is 22.7 Å². The zero-order chi connectivity index (χ0) is 21.8. The van der Waals surface area contributed by atoms with E-state index in [4.69, 9.17) is 4.74 Å². The van der Waals surface area contributed by atoms with Crippen LogP contribution in [0.1, 0.15) is 40.9 Å². The number of hydrogen-bond donors (Lipinski definition) is 1. The topological polar surface area (TPSA) is 113 Å². The van der Waals surface area contributed by atoms with E-state index in [0.717, 1.165) is 5.56 Å². The van der Waals surface area contributed by atoms with Crippen molar-refractivity contribution in [2.45, 2.75) is 32.9 Å². The minimum atomic E-state index is -1.20. The van der Waals surface area contributed by atoms with E-state index in [0.29, 0.717) is 21.9 Å². The molecule has 0 saturated carbocycles. The lowest BCUT2D eigenvalue weighted by atomic mass is 9.90. The average Bonchev–Trinajstić information content (AvgIpc) is 3.02. The van der Waals surface area contributed by atoms with Crippen molar-refractivity contribution >= 4 is 23.7 Å². The summed E-state index contributed by atoms with van der Waals surface area (Å²) in [4.78, 5) is 37.2. The van der Waals surface area contributed by atoms with E-state index in [1.54, 1.807) is 32.9 Å². The number of rotatable bonds is 4. The molecule has 0 spiro atoms. The van der Waals surface area contributed by atoms with Crippen LogP contribution in [0.4, 0.5) is 5.69 Å². The summed E-state index contributed by atoms with van der Waals surface area (Å²) in [7, 11) is 0. The van der Waals surface area contributed by atoms with Crippen molar-refractivity contribution in [1.29, 1.82) is 0 Å². The molecule has 0 atom stereocenters. The molecule has 2 aliphatic rings. The molecule has 0 unspecified atom stereocenters. The van der Waals surface area contributed by atoms with Gasteiger partial charge in [-0.05, 0) is 38.5 Å². The molecule has 2 aliphatic heterocycles. The molecule has 0 aliphatic carbocycles. The van der Waals surface area contributed by atoms with Crippen molar-refractivity contribution in [2.75, 3.05) is 0 Å². The van der Waals surface area contributed by atoms with Crippen LogP contribution in [0.3, 0.4) is 0 Å². The van der Waals surface area contributed by atoms with Gasteiger partial charge in [-0.3, -0.25) is 24.9 Å². The van der Waals surface area contributed by atoms with Crippen LogP contribution in [-0.2, 0) is 11.3 Å². The fraction of sp³-hybridized carbons (Fsp3) is 0.238. The number of nitro groups is 1. The zero-order valence-electron chi connectivity index (χ0n) is 16.6. The van der Waals surface area contributed by atoms with E-state index in [2.05, 4.69) is 0 Å². The van der Waals surface area contributed by atoms with Crippen LogP contribution >= 0.6 is 0 Å². The van der Waals surface area contributed by atoms with Gasteiger partial charge in [-0.2, -0.15) is 5.06 Å². The summed E-state index contributed by atoms with van der Waals surface area (Å²) < 4.78 is 5.99. The third-order valence-electron chi connectivity index (χ3n) is 5.41. The number of hydrogen-bond acceptors (Lipinski definition) is 6. The molecular formula is C21H19N3O6. The van der Waals surface area contributed by atoms with Crippen LogP contribution in [-0.4, -0.2) is 38.0 Å². The van der Waals surface area contributed by atoms with Gasteiger partial charge in [0.1, 0.15) is 17.0 Å². The van der Waals surface area contributed by atoms with Crippen LogP contribution in [0, 0.1) is 17.0 Å². The Morgan fingerprint density at radius 3 is 2.60 bits per heavy atom. The molecule has 2 amide bonds. The molecule has 2 aromatic carbocycles. The second-order valence-corrected chi connectivity index (χ2v) is 7.65. The van der Waals surface area contributed by atoms with Crippen molar-refractivity contribution in [1.82, 2.24) is 9.96 Å². The van der Waals surface area contributed by atoms with E-state index < -0.39 is 10.5 Å². The molecule has 2 aromatic rings. The van der Waals surface area contributed by atoms with Crippen molar-refractivity contribution in [2.24, 2.45) is 0 Å². The van der Waals surface area contributed by atoms with Crippen LogP contribution < -0.4 is 4.74 Å². The molecular weight excluding hydrogens is 390 g/mol. The lowest BCUT2D eigenvalue weighted by molar-refractivity contribution is -0.385. The Morgan fingerprint density at radius 1 is 1.27 bits per heavy atom. The Bertz CT molecular complexity index is 1140. The Labute approximate surface area is 171 Å². The minimum Gasteiger partial charge on any atom is -0.481 e. The second kappa shape index (κ2) is 6.67. The summed E-state index contributed by atoms with van der Waals surface area (Å²) in [6.07, 6.45) is 0.200. The molecule has 9 nitrogen and oxygen atoms in total. The molecule has 0 bridgehead atoms. The van der Waals surface area contributed by atoms with E-state index in [1.165, 1.54) is 17.0 Å². The van der Waals surface area contributed by atoms with Gasteiger partial charge in [0, 0.05) is 17.2 Å². The van der Waals surface area contributed by atoms with Crippen molar-refractivity contribution in [3.05, 3.63) is 74.5 Å². The summed E-state index contributed by atoms with van der Waals surface area (Å²) in [5, 5.41) is 22.3. The van der Waals surface area contributed by atoms with Crippen LogP contribution in [0.5, 0.6) is 5.75 Å². The highest BCUT2D eigenvalue weighted by Gasteiger charge is 2.45. The number of hydroxylamine groups is 2. The Balaban J connectivity index is 2.05. The number of carbonyl (C=O) groups is 2. The number of benzene rings is 2. The molecule has 0 aromatic heterocycles. The quantitative estimate of drug-likeness (QED) is 0.359. The molecule has 0 fully saturated rings. The third kappa shape index (κ3) is 2.74. The first-order valence-electron chi connectivity index (χ1n) is 9.22. The third-order valence-corrected chi connectivity index (χ3v) is 5.41. The maximum Gasteiger partial charge on any atom is 0.273 e. The monoisotopic (exact) mass is 409 g/mol. The predicted octanol–water partition coefficient (Wildman–Crippen LogP) is 3.25. The lowest BCUT2D eigenvalue weighted by Gasteiger charge is -2.40. The average molecular weight is 409 g/mol. The molecule has 2 heterocycles. The number of carbonyl (C=O) groups excluding carboxylic acids is 2. The first-order valence-corrected chi connectivity index (χ1v) is 9.22. The highest BCUT2D eigenvalue weighted by molar-refractivity contribution is 6.04. The summed E-state index contributed by atoms with van der Waals surface area (Å²) in [5.41, 5.74) is 0.703. The van der Waals surface area contributed by atoms with E-state index in [1.807, 2.05) is 12.1 Å². The summed E-state index contributed by atoms with van der Waals surface area (Å²) >= 11 is 0. The number of ether oxygens (including phenoxy) is 1. The van der Waals surface area contributed by atoms with Gasteiger partial charge < -0.3 is 9.64 Å². The molecule has 9 heteroatoms. The Kier molecular flexibility index (Phi) is 4.35. The normalized spacial score (nSPS) is 16.7. The zero-order valence-corrected chi connectivity index (χ0v) is 16.6. The predicted molar refractivity (Wildman–Crippen MR) is 105 cm³/mol. The summed E-state index contributed by atoms with van der Waals surface area (Å²) in [6, 6.07) is 9.87. The van der Waals surface area contributed by atoms with E-state index >= 15 is 0 Å². The second-order valence-electron chi connectivity index (χ2n) is 7.65. The smallest absolute Gasteiger partial charge is 0.273 e. The molecule has 154 valence electrons. The van der Waals surface area contributed by atoms with E-state index in [9.17, 15) is 24.9 Å². The highest BCUT2D eigenvalue weighted by Crippen LogP contribution is 2.48. The number of fused-ring (bicyclic) bond motifs is 2. The molecule has 0 saturated heterocycles. The number of nitro benzene ring substituents is 1. The fourth-order valence-corrected chi connectivity index (χ4v) is 4.11. The van der Waals surface area contributed by atoms with Gasteiger partial charge in [0.25, 0.3) is 11.6 Å². The van der Waals surface area contributed by atoms with Crippen molar-refractivity contribution in [3.8, 4) is 5.75 Å². The molecule has 30 heavy (non-hydrogen) atoms. The SMILES string of the molecule is Cc1c([N+](=O)[O-])ccc2c1C(N1Cc3ccccc3C1=O)=C(N(O)C=O)C(C)(C)O2. The van der Waals surface area contributed by atoms with Gasteiger partial charge in [0.2, 0.25) is 6.41 Å². The van der Waals surface area contributed by atoms with Gasteiger partial charge in [-0.15, -0.1) is 0 Å². The van der Waals surface area contributed by atoms with Gasteiger partial charge in [-0.25, -0.2) is 0 Å². The van der Waals surface area contributed by atoms with Crippen LogP contribution in [0.2, 0.25) is 0 Å². The van der Waals surface area contributed by atoms with Gasteiger partial charge in [-0.1, -0.05) is 18.2 Å². The molecule has 1 N–H and O–H groups in total. The maximum absolute atomic E-state index is 13.2. The Hall–Kier alpha value is -3.72. The largest absolute Gasteiger partial charge is 0.481 e. The van der Waals surface area contributed by atoms with Gasteiger partial charge in [0.15, 0.2) is 0 Å².